The summed E-state index contributed by atoms with van der Waals surface area (Å²) in [6, 6.07) is 8.06. The first-order valence-electron chi connectivity index (χ1n) is 6.42. The Bertz CT molecular complexity index is 487. The molecule has 5 nitrogen and oxygen atoms in total. The second-order valence-electron chi connectivity index (χ2n) is 4.73. The maximum Gasteiger partial charge on any atom is 0.405 e. The average Bonchev–Trinajstić information content (AvgIpc) is 2.38. The summed E-state index contributed by atoms with van der Waals surface area (Å²) < 4.78 is 4.67. The van der Waals surface area contributed by atoms with Crippen LogP contribution < -0.4 is 11.1 Å². The van der Waals surface area contributed by atoms with Crippen molar-refractivity contribution in [3.8, 4) is 0 Å². The Hall–Kier alpha value is -2.04. The predicted molar refractivity (Wildman–Crippen MR) is 70.4 cm³/mol. The third-order valence-corrected chi connectivity index (χ3v) is 3.35. The molecule has 0 spiro atoms. The molecule has 0 bridgehead atoms. The van der Waals surface area contributed by atoms with Gasteiger partial charge in [0.25, 0.3) is 5.91 Å². The maximum absolute atomic E-state index is 11.9. The molecule has 0 saturated heterocycles. The Morgan fingerprint density at radius 2 is 2.16 bits per heavy atom. The summed E-state index contributed by atoms with van der Waals surface area (Å²) in [4.78, 5) is 22.5. The molecule has 0 radical (unpaired) electrons. The van der Waals surface area contributed by atoms with Gasteiger partial charge in [0, 0.05) is 0 Å². The zero-order chi connectivity index (χ0) is 13.8. The highest BCUT2D eigenvalue weighted by atomic mass is 16.6. The quantitative estimate of drug-likeness (QED) is 0.869. The molecular formula is C14H18N2O3. The standard InChI is InChI=1S/C14H18N2O3/c1-9(19-14(15)18)13(17)16-12-8-4-6-10-5-2-3-7-11(10)12/h2-3,5,7,9,12H,4,6,8H2,1H3,(H2,15,18)(H,16,17)/t9-,12+/m0/s1. The van der Waals surface area contributed by atoms with Crippen molar-refractivity contribution >= 4 is 12.0 Å². The fourth-order valence-electron chi connectivity index (χ4n) is 2.42. The molecule has 1 aliphatic carbocycles. The first-order chi connectivity index (χ1) is 9.08. The number of hydrogen-bond acceptors (Lipinski definition) is 3. The Labute approximate surface area is 112 Å². The average molecular weight is 262 g/mol. The van der Waals surface area contributed by atoms with E-state index in [0.29, 0.717) is 0 Å². The highest BCUT2D eigenvalue weighted by Crippen LogP contribution is 2.29. The van der Waals surface area contributed by atoms with Crippen LogP contribution in [0.2, 0.25) is 0 Å². The van der Waals surface area contributed by atoms with E-state index < -0.39 is 12.2 Å². The van der Waals surface area contributed by atoms with Crippen LogP contribution in [0.5, 0.6) is 0 Å². The van der Waals surface area contributed by atoms with Gasteiger partial charge in [0.05, 0.1) is 6.04 Å². The van der Waals surface area contributed by atoms with E-state index in [0.717, 1.165) is 24.8 Å². The Kier molecular flexibility index (Phi) is 4.04. The van der Waals surface area contributed by atoms with Gasteiger partial charge in [-0.1, -0.05) is 24.3 Å². The van der Waals surface area contributed by atoms with Crippen LogP contribution in [-0.4, -0.2) is 18.1 Å². The van der Waals surface area contributed by atoms with Gasteiger partial charge in [0.1, 0.15) is 0 Å². The number of hydrogen-bond donors (Lipinski definition) is 2. The number of primary amides is 1. The zero-order valence-electron chi connectivity index (χ0n) is 10.9. The van der Waals surface area contributed by atoms with Crippen molar-refractivity contribution in [2.75, 3.05) is 0 Å². The van der Waals surface area contributed by atoms with E-state index in [-0.39, 0.29) is 11.9 Å². The van der Waals surface area contributed by atoms with Gasteiger partial charge in [-0.3, -0.25) is 4.79 Å². The number of nitrogens with one attached hydrogen (secondary N) is 1. The van der Waals surface area contributed by atoms with E-state index in [1.54, 1.807) is 0 Å². The van der Waals surface area contributed by atoms with Crippen molar-refractivity contribution < 1.29 is 14.3 Å². The first-order valence-corrected chi connectivity index (χ1v) is 6.42. The minimum absolute atomic E-state index is 0.0172. The van der Waals surface area contributed by atoms with Gasteiger partial charge in [-0.05, 0) is 37.3 Å². The van der Waals surface area contributed by atoms with Gasteiger partial charge >= 0.3 is 6.09 Å². The van der Waals surface area contributed by atoms with Crippen molar-refractivity contribution in [1.29, 1.82) is 0 Å². The van der Waals surface area contributed by atoms with Crippen molar-refractivity contribution in [2.24, 2.45) is 5.73 Å². The largest absolute Gasteiger partial charge is 0.437 e. The second kappa shape index (κ2) is 5.73. The third-order valence-electron chi connectivity index (χ3n) is 3.35. The van der Waals surface area contributed by atoms with Crippen molar-refractivity contribution in [3.05, 3.63) is 35.4 Å². The second-order valence-corrected chi connectivity index (χ2v) is 4.73. The number of benzene rings is 1. The van der Waals surface area contributed by atoms with E-state index >= 15 is 0 Å². The summed E-state index contributed by atoms with van der Waals surface area (Å²) in [5.41, 5.74) is 7.31. The van der Waals surface area contributed by atoms with Crippen LogP contribution in [0, 0.1) is 0 Å². The normalized spacial score (nSPS) is 19.1. The number of ether oxygens (including phenoxy) is 1. The number of amides is 2. The van der Waals surface area contributed by atoms with Crippen LogP contribution in [0.3, 0.4) is 0 Å². The SMILES string of the molecule is C[C@H](OC(N)=O)C(=O)N[C@@H]1CCCc2ccccc21. The molecule has 0 saturated carbocycles. The molecule has 0 heterocycles. The highest BCUT2D eigenvalue weighted by molar-refractivity contribution is 5.83. The molecule has 1 aromatic carbocycles. The Morgan fingerprint density at radius 3 is 2.89 bits per heavy atom. The molecule has 0 aromatic heterocycles. The topological polar surface area (TPSA) is 81.4 Å². The van der Waals surface area contributed by atoms with Crippen LogP contribution in [0.15, 0.2) is 24.3 Å². The molecule has 2 amide bonds. The Morgan fingerprint density at radius 1 is 1.42 bits per heavy atom. The fraction of sp³-hybridized carbons (Fsp3) is 0.429. The van der Waals surface area contributed by atoms with Crippen LogP contribution >= 0.6 is 0 Å². The molecule has 3 N–H and O–H groups in total. The molecule has 102 valence electrons. The molecular weight excluding hydrogens is 244 g/mol. The van der Waals surface area contributed by atoms with Gasteiger partial charge in [-0.2, -0.15) is 0 Å². The van der Waals surface area contributed by atoms with E-state index in [1.165, 1.54) is 12.5 Å². The molecule has 1 aromatic rings. The number of rotatable bonds is 3. The molecule has 2 rings (SSSR count). The van der Waals surface area contributed by atoms with Crippen LogP contribution in [0.4, 0.5) is 4.79 Å². The molecule has 19 heavy (non-hydrogen) atoms. The number of nitrogens with two attached hydrogens (primary N) is 1. The van der Waals surface area contributed by atoms with E-state index in [9.17, 15) is 9.59 Å². The zero-order valence-corrected chi connectivity index (χ0v) is 10.9. The summed E-state index contributed by atoms with van der Waals surface area (Å²) in [5, 5.41) is 2.91. The molecule has 2 atom stereocenters. The minimum atomic E-state index is -0.938. The summed E-state index contributed by atoms with van der Waals surface area (Å²) in [6.45, 7) is 1.51. The van der Waals surface area contributed by atoms with Gasteiger partial charge in [0.2, 0.25) is 0 Å². The lowest BCUT2D eigenvalue weighted by atomic mass is 9.87. The van der Waals surface area contributed by atoms with Crippen LogP contribution in [0.1, 0.15) is 36.9 Å². The van der Waals surface area contributed by atoms with Gasteiger partial charge in [-0.15, -0.1) is 0 Å². The summed E-state index contributed by atoms with van der Waals surface area (Å²) in [7, 11) is 0. The van der Waals surface area contributed by atoms with Crippen molar-refractivity contribution in [2.45, 2.75) is 38.3 Å². The van der Waals surface area contributed by atoms with Crippen LogP contribution in [-0.2, 0) is 16.0 Å². The lowest BCUT2D eigenvalue weighted by Gasteiger charge is -2.27. The number of aryl methyl sites for hydroxylation is 1. The minimum Gasteiger partial charge on any atom is -0.437 e. The monoisotopic (exact) mass is 262 g/mol. The van der Waals surface area contributed by atoms with Gasteiger partial charge in [0.15, 0.2) is 6.10 Å². The first kappa shape index (κ1) is 13.4. The molecule has 0 unspecified atom stereocenters. The number of fused-ring (bicyclic) bond motifs is 1. The lowest BCUT2D eigenvalue weighted by Crippen LogP contribution is -2.40. The van der Waals surface area contributed by atoms with E-state index in [2.05, 4.69) is 16.1 Å². The lowest BCUT2D eigenvalue weighted by molar-refractivity contribution is -0.129. The predicted octanol–water partition coefficient (Wildman–Crippen LogP) is 1.66. The molecule has 1 aliphatic rings. The Balaban J connectivity index is 2.04. The van der Waals surface area contributed by atoms with Crippen molar-refractivity contribution in [1.82, 2.24) is 5.32 Å². The third kappa shape index (κ3) is 3.24. The van der Waals surface area contributed by atoms with E-state index in [1.807, 2.05) is 18.2 Å². The van der Waals surface area contributed by atoms with Crippen molar-refractivity contribution in [3.63, 3.8) is 0 Å². The summed E-state index contributed by atoms with van der Waals surface area (Å²) in [5.74, 6) is -0.319. The number of carbonyl (C=O) groups is 2. The molecule has 5 heteroatoms. The number of carbonyl (C=O) groups excluding carboxylic acids is 2. The maximum atomic E-state index is 11.9. The van der Waals surface area contributed by atoms with Crippen LogP contribution in [0.25, 0.3) is 0 Å². The van der Waals surface area contributed by atoms with Gasteiger partial charge < -0.3 is 15.8 Å². The van der Waals surface area contributed by atoms with Gasteiger partial charge in [-0.25, -0.2) is 4.79 Å². The van der Waals surface area contributed by atoms with E-state index in [4.69, 9.17) is 5.73 Å². The summed E-state index contributed by atoms with van der Waals surface area (Å²) >= 11 is 0. The highest BCUT2D eigenvalue weighted by Gasteiger charge is 2.24. The smallest absolute Gasteiger partial charge is 0.405 e. The fourth-order valence-corrected chi connectivity index (χ4v) is 2.42. The molecule has 0 aliphatic heterocycles. The molecule has 0 fully saturated rings. The summed E-state index contributed by atoms with van der Waals surface area (Å²) in [6.07, 6.45) is 1.16.